The van der Waals surface area contributed by atoms with Crippen LogP contribution in [0.25, 0.3) is 0 Å². The molecule has 1 aromatic carbocycles. The largest absolute Gasteiger partial charge is 0.494 e. The molecular formula is C23H27ClN2O3S. The van der Waals surface area contributed by atoms with E-state index in [-0.39, 0.29) is 6.42 Å². The fourth-order valence-electron chi connectivity index (χ4n) is 3.46. The van der Waals surface area contributed by atoms with Crippen LogP contribution in [-0.2, 0) is 11.2 Å². The van der Waals surface area contributed by atoms with E-state index in [1.54, 1.807) is 17.5 Å². The Morgan fingerprint density at radius 1 is 1.27 bits per heavy atom. The van der Waals surface area contributed by atoms with Gasteiger partial charge in [-0.1, -0.05) is 23.7 Å². The third-order valence-electron chi connectivity index (χ3n) is 5.08. The van der Waals surface area contributed by atoms with E-state index in [0.29, 0.717) is 17.5 Å². The number of ether oxygens (including phenoxy) is 1. The predicted molar refractivity (Wildman–Crippen MR) is 122 cm³/mol. The molecule has 0 spiro atoms. The van der Waals surface area contributed by atoms with Gasteiger partial charge in [-0.15, -0.1) is 11.3 Å². The summed E-state index contributed by atoms with van der Waals surface area (Å²) in [5.41, 5.74) is 0.783. The summed E-state index contributed by atoms with van der Waals surface area (Å²) >= 11 is 7.82. The highest BCUT2D eigenvalue weighted by atomic mass is 35.5. The zero-order valence-corrected chi connectivity index (χ0v) is 18.7. The number of halogens is 1. The molecule has 0 aliphatic carbocycles. The van der Waals surface area contributed by atoms with E-state index in [2.05, 4.69) is 16.8 Å². The van der Waals surface area contributed by atoms with Gasteiger partial charge in [0.05, 0.1) is 13.0 Å². The number of piperidine rings is 1. The van der Waals surface area contributed by atoms with Gasteiger partial charge in [0, 0.05) is 29.2 Å². The second-order valence-electron chi connectivity index (χ2n) is 7.44. The maximum atomic E-state index is 10.7. The molecule has 30 heavy (non-hydrogen) atoms. The van der Waals surface area contributed by atoms with E-state index >= 15 is 0 Å². The summed E-state index contributed by atoms with van der Waals surface area (Å²) in [5.74, 6) is 0.606. The lowest BCUT2D eigenvalue weighted by Gasteiger charge is -2.32. The van der Waals surface area contributed by atoms with Gasteiger partial charge in [0.2, 0.25) is 0 Å². The molecule has 0 bridgehead atoms. The Balaban J connectivity index is 1.47. The van der Waals surface area contributed by atoms with Crippen LogP contribution in [0.3, 0.4) is 0 Å². The van der Waals surface area contributed by atoms with E-state index in [1.165, 1.54) is 0 Å². The Hall–Kier alpha value is -2.31. The molecule has 0 saturated carbocycles. The number of hydrogen-bond acceptors (Lipinski definition) is 5. The number of benzene rings is 1. The SMILES string of the molecule is Cc1cc(Cl)cccnc(N2CCC(CCOc3ccc(CC(=O)O)cc3)CC2)s1. The topological polar surface area (TPSA) is 62.7 Å². The van der Waals surface area contributed by atoms with Crippen LogP contribution in [-0.4, -0.2) is 35.8 Å². The molecule has 1 aliphatic rings. The zero-order valence-electron chi connectivity index (χ0n) is 17.1. The Bertz CT molecular complexity index is 892. The van der Waals surface area contributed by atoms with Gasteiger partial charge in [-0.3, -0.25) is 4.79 Å². The molecule has 1 N–H and O–H groups in total. The van der Waals surface area contributed by atoms with Crippen molar-refractivity contribution >= 4 is 34.0 Å². The van der Waals surface area contributed by atoms with E-state index < -0.39 is 5.97 Å². The molecule has 2 heterocycles. The maximum Gasteiger partial charge on any atom is 0.307 e. The number of aryl methyl sites for hydroxylation is 1. The van der Waals surface area contributed by atoms with E-state index in [4.69, 9.17) is 21.4 Å². The van der Waals surface area contributed by atoms with Crippen molar-refractivity contribution in [2.45, 2.75) is 32.6 Å². The second kappa shape index (κ2) is 11.2. The molecule has 5 nitrogen and oxygen atoms in total. The highest BCUT2D eigenvalue weighted by Crippen LogP contribution is 2.27. The monoisotopic (exact) mass is 446 g/mol. The third-order valence-corrected chi connectivity index (χ3v) is 6.30. The summed E-state index contributed by atoms with van der Waals surface area (Å²) in [6, 6.07) is 13.0. The van der Waals surface area contributed by atoms with Crippen LogP contribution in [0.1, 0.15) is 29.7 Å². The highest BCUT2D eigenvalue weighted by molar-refractivity contribution is 7.15. The quantitative estimate of drug-likeness (QED) is 0.604. The number of aliphatic carboxylic acids is 1. The van der Waals surface area contributed by atoms with Gasteiger partial charge >= 0.3 is 5.97 Å². The van der Waals surface area contributed by atoms with E-state index in [1.807, 2.05) is 42.5 Å². The molecule has 160 valence electrons. The van der Waals surface area contributed by atoms with Crippen molar-refractivity contribution in [3.8, 4) is 5.75 Å². The zero-order chi connectivity index (χ0) is 21.3. The first kappa shape index (κ1) is 22.4. The summed E-state index contributed by atoms with van der Waals surface area (Å²) in [5, 5.41) is 10.6. The van der Waals surface area contributed by atoms with Gasteiger partial charge < -0.3 is 14.7 Å². The first-order valence-electron chi connectivity index (χ1n) is 10.1. The fourth-order valence-corrected chi connectivity index (χ4v) is 4.66. The van der Waals surface area contributed by atoms with E-state index in [9.17, 15) is 4.79 Å². The Labute approximate surface area is 186 Å². The Kier molecular flexibility index (Phi) is 8.34. The smallest absolute Gasteiger partial charge is 0.307 e. The van der Waals surface area contributed by atoms with Crippen molar-refractivity contribution in [3.05, 3.63) is 64.1 Å². The van der Waals surface area contributed by atoms with Gasteiger partial charge in [0.1, 0.15) is 5.75 Å². The Morgan fingerprint density at radius 3 is 2.70 bits per heavy atom. The van der Waals surface area contributed by atoms with Gasteiger partial charge in [-0.2, -0.15) is 0 Å². The number of rotatable bonds is 7. The van der Waals surface area contributed by atoms with Crippen LogP contribution in [0.5, 0.6) is 5.75 Å². The molecule has 0 unspecified atom stereocenters. The first-order valence-corrected chi connectivity index (χ1v) is 11.3. The van der Waals surface area contributed by atoms with Crippen LogP contribution < -0.4 is 9.64 Å². The lowest BCUT2D eigenvalue weighted by Crippen LogP contribution is -2.34. The summed E-state index contributed by atoms with van der Waals surface area (Å²) < 4.78 is 5.86. The standard InChI is InChI=1S/C23H27ClN2O3S/c1-17-15-20(24)3-2-11-25-23(30-17)26-12-8-18(9-13-26)10-14-29-21-6-4-19(5-7-21)16-22(27)28/h2-7,11,15,18H,8-10,12-14,16H2,1H3,(H,27,28). The number of hydrogen-bond donors (Lipinski definition) is 1. The van der Waals surface area contributed by atoms with E-state index in [0.717, 1.165) is 53.7 Å². The molecule has 0 amide bonds. The summed E-state index contributed by atoms with van der Waals surface area (Å²) in [7, 11) is 0. The summed E-state index contributed by atoms with van der Waals surface area (Å²) in [4.78, 5) is 18.8. The van der Waals surface area contributed by atoms with Crippen molar-refractivity contribution in [1.82, 2.24) is 4.98 Å². The van der Waals surface area contributed by atoms with Crippen molar-refractivity contribution in [2.24, 2.45) is 5.92 Å². The van der Waals surface area contributed by atoms with Gasteiger partial charge in [0.15, 0.2) is 5.13 Å². The minimum absolute atomic E-state index is 0.0388. The molecular weight excluding hydrogens is 420 g/mol. The number of nitrogens with zero attached hydrogens (tertiary/aromatic N) is 2. The van der Waals surface area contributed by atoms with Gasteiger partial charge in [-0.05, 0) is 68.0 Å². The number of carbonyl (C=O) groups is 1. The van der Waals surface area contributed by atoms with Crippen molar-refractivity contribution in [2.75, 3.05) is 24.6 Å². The number of carboxylic acid groups (broad SMARTS) is 1. The molecule has 7 heteroatoms. The lowest BCUT2D eigenvalue weighted by molar-refractivity contribution is -0.136. The van der Waals surface area contributed by atoms with Crippen LogP contribution in [0.4, 0.5) is 5.13 Å². The number of anilines is 1. The predicted octanol–water partition coefficient (Wildman–Crippen LogP) is 5.54. The third kappa shape index (κ3) is 7.18. The molecule has 1 aromatic heterocycles. The van der Waals surface area contributed by atoms with Crippen LogP contribution in [0, 0.1) is 12.8 Å². The highest BCUT2D eigenvalue weighted by Gasteiger charge is 2.20. The average Bonchev–Trinajstić information content (AvgIpc) is 2.79. The van der Waals surface area contributed by atoms with Crippen LogP contribution in [0.15, 0.2) is 48.7 Å². The molecule has 2 aromatic rings. The van der Waals surface area contributed by atoms with Gasteiger partial charge in [-0.25, -0.2) is 4.98 Å². The van der Waals surface area contributed by atoms with Crippen molar-refractivity contribution in [1.29, 1.82) is 0 Å². The first-order chi connectivity index (χ1) is 14.5. The van der Waals surface area contributed by atoms with Crippen LogP contribution in [0.2, 0.25) is 5.02 Å². The minimum atomic E-state index is -0.822. The van der Waals surface area contributed by atoms with Crippen molar-refractivity contribution < 1.29 is 14.6 Å². The lowest BCUT2D eigenvalue weighted by atomic mass is 9.94. The van der Waals surface area contributed by atoms with Crippen LogP contribution >= 0.6 is 22.9 Å². The van der Waals surface area contributed by atoms with Crippen molar-refractivity contribution in [3.63, 3.8) is 0 Å². The van der Waals surface area contributed by atoms with Gasteiger partial charge in [0.25, 0.3) is 0 Å². The molecule has 1 fully saturated rings. The molecule has 3 rings (SSSR count). The fraction of sp³-hybridized carbons (Fsp3) is 0.391. The molecule has 1 aliphatic heterocycles. The average molecular weight is 447 g/mol. The Morgan fingerprint density at radius 2 is 2.00 bits per heavy atom. The second-order valence-corrected chi connectivity index (χ2v) is 9.09. The molecule has 1 saturated heterocycles. The number of aromatic nitrogens is 1. The normalized spacial score (nSPS) is 14.3. The summed E-state index contributed by atoms with van der Waals surface area (Å²) in [6.45, 7) is 4.71. The summed E-state index contributed by atoms with van der Waals surface area (Å²) in [6.07, 6.45) is 5.09. The number of carboxylic acids is 1. The minimum Gasteiger partial charge on any atom is -0.494 e. The maximum absolute atomic E-state index is 10.7. The molecule has 0 radical (unpaired) electrons. The molecule has 0 atom stereocenters.